The highest BCUT2D eigenvalue weighted by Crippen LogP contribution is 2.29. The van der Waals surface area contributed by atoms with Crippen LogP contribution in [0.5, 0.6) is 5.75 Å². The molecule has 0 bridgehead atoms. The van der Waals surface area contributed by atoms with E-state index in [9.17, 15) is 0 Å². The third-order valence-electron chi connectivity index (χ3n) is 6.93. The van der Waals surface area contributed by atoms with Gasteiger partial charge >= 0.3 is 0 Å². The minimum atomic E-state index is 0.868. The van der Waals surface area contributed by atoms with Crippen molar-refractivity contribution in [3.63, 3.8) is 0 Å². The van der Waals surface area contributed by atoms with Gasteiger partial charge in [0, 0.05) is 55.7 Å². The number of benzene rings is 3. The third kappa shape index (κ3) is 5.57. The molecule has 0 radical (unpaired) electrons. The molecule has 0 spiro atoms. The molecule has 5 nitrogen and oxygen atoms in total. The van der Waals surface area contributed by atoms with E-state index >= 15 is 0 Å². The van der Waals surface area contributed by atoms with Gasteiger partial charge in [0.2, 0.25) is 0 Å². The van der Waals surface area contributed by atoms with Crippen molar-refractivity contribution in [2.24, 2.45) is 0 Å². The summed E-state index contributed by atoms with van der Waals surface area (Å²) in [5.41, 5.74) is 7.23. The molecule has 5 heteroatoms. The summed E-state index contributed by atoms with van der Waals surface area (Å²) < 4.78 is 5.29. The number of anilines is 2. The minimum Gasteiger partial charge on any atom is -0.497 e. The number of nitrogens with one attached hydrogen (secondary N) is 1. The Morgan fingerprint density at radius 2 is 1.60 bits per heavy atom. The van der Waals surface area contributed by atoms with Gasteiger partial charge in [0.1, 0.15) is 5.75 Å². The molecule has 1 aliphatic rings. The lowest BCUT2D eigenvalue weighted by Gasteiger charge is -2.34. The van der Waals surface area contributed by atoms with Gasteiger partial charge in [-0.1, -0.05) is 30.3 Å². The van der Waals surface area contributed by atoms with E-state index in [-0.39, 0.29) is 0 Å². The summed E-state index contributed by atoms with van der Waals surface area (Å²) in [6, 6.07) is 25.9. The Bertz CT molecular complexity index is 1250. The van der Waals surface area contributed by atoms with Crippen molar-refractivity contribution in [1.82, 2.24) is 9.88 Å². The van der Waals surface area contributed by atoms with Crippen LogP contribution in [0.2, 0.25) is 0 Å². The second kappa shape index (κ2) is 10.8. The summed E-state index contributed by atoms with van der Waals surface area (Å²) >= 11 is 0. The Morgan fingerprint density at radius 1 is 0.857 bits per heavy atom. The van der Waals surface area contributed by atoms with Crippen molar-refractivity contribution >= 4 is 22.3 Å². The van der Waals surface area contributed by atoms with E-state index in [1.54, 1.807) is 7.11 Å². The Kier molecular flexibility index (Phi) is 7.15. The number of fused-ring (bicyclic) bond motifs is 1. The number of piperazine rings is 1. The normalized spacial score (nSPS) is 14.3. The topological polar surface area (TPSA) is 40.6 Å². The van der Waals surface area contributed by atoms with Crippen molar-refractivity contribution < 1.29 is 4.74 Å². The van der Waals surface area contributed by atoms with Crippen LogP contribution in [0.1, 0.15) is 12.0 Å². The summed E-state index contributed by atoms with van der Waals surface area (Å²) in [6.07, 6.45) is 4.03. The molecule has 180 valence electrons. The smallest absolute Gasteiger partial charge is 0.118 e. The van der Waals surface area contributed by atoms with E-state index in [4.69, 9.17) is 4.74 Å². The van der Waals surface area contributed by atoms with E-state index in [0.717, 1.165) is 67.9 Å². The summed E-state index contributed by atoms with van der Waals surface area (Å²) in [7, 11) is 3.89. The van der Waals surface area contributed by atoms with Gasteiger partial charge < -0.3 is 19.9 Å². The first-order valence-electron chi connectivity index (χ1n) is 12.5. The molecule has 0 amide bonds. The van der Waals surface area contributed by atoms with Crippen LogP contribution in [-0.2, 0) is 6.42 Å². The van der Waals surface area contributed by atoms with Crippen LogP contribution in [0.3, 0.4) is 0 Å². The molecule has 1 saturated heterocycles. The lowest BCUT2D eigenvalue weighted by atomic mass is 10.0. The lowest BCUT2D eigenvalue weighted by Crippen LogP contribution is -2.44. The number of aromatic nitrogens is 1. The summed E-state index contributed by atoms with van der Waals surface area (Å²) in [6.45, 7) is 5.42. The predicted octanol–water partition coefficient (Wildman–Crippen LogP) is 5.71. The van der Waals surface area contributed by atoms with Crippen LogP contribution < -0.4 is 15.0 Å². The van der Waals surface area contributed by atoms with Gasteiger partial charge in [0.25, 0.3) is 0 Å². The fourth-order valence-corrected chi connectivity index (χ4v) is 4.72. The fourth-order valence-electron chi connectivity index (χ4n) is 4.72. The van der Waals surface area contributed by atoms with Crippen LogP contribution in [0.25, 0.3) is 22.0 Å². The van der Waals surface area contributed by atoms with Crippen molar-refractivity contribution in [1.29, 1.82) is 0 Å². The number of methoxy groups -OCH3 is 1. The molecule has 1 N–H and O–H groups in total. The van der Waals surface area contributed by atoms with Crippen molar-refractivity contribution in [2.75, 3.05) is 57.1 Å². The molecule has 5 rings (SSSR count). The van der Waals surface area contributed by atoms with E-state index < -0.39 is 0 Å². The zero-order valence-corrected chi connectivity index (χ0v) is 20.7. The first kappa shape index (κ1) is 23.2. The molecular weight excluding hydrogens is 432 g/mol. The first-order valence-corrected chi connectivity index (χ1v) is 12.5. The Balaban J connectivity index is 1.20. The lowest BCUT2D eigenvalue weighted by molar-refractivity contribution is 0.313. The minimum absolute atomic E-state index is 0.868. The predicted molar refractivity (Wildman–Crippen MR) is 147 cm³/mol. The van der Waals surface area contributed by atoms with Crippen molar-refractivity contribution in [3.8, 4) is 16.9 Å². The maximum absolute atomic E-state index is 5.29. The Hall–Kier alpha value is -3.57. The van der Waals surface area contributed by atoms with Gasteiger partial charge in [-0.15, -0.1) is 0 Å². The van der Waals surface area contributed by atoms with Gasteiger partial charge in [0.05, 0.1) is 12.6 Å². The zero-order chi connectivity index (χ0) is 24.0. The molecular formula is C30H34N4O. The maximum atomic E-state index is 5.29. The number of aryl methyl sites for hydroxylation is 1. The van der Waals surface area contributed by atoms with Crippen molar-refractivity contribution in [2.45, 2.75) is 12.8 Å². The maximum Gasteiger partial charge on any atom is 0.118 e. The number of rotatable bonds is 8. The molecule has 35 heavy (non-hydrogen) atoms. The van der Waals surface area contributed by atoms with Gasteiger partial charge in [-0.05, 0) is 79.0 Å². The molecule has 1 aromatic heterocycles. The highest BCUT2D eigenvalue weighted by atomic mass is 16.5. The molecule has 0 atom stereocenters. The highest BCUT2D eigenvalue weighted by molar-refractivity contribution is 5.94. The molecule has 0 aliphatic carbocycles. The Morgan fingerprint density at radius 3 is 2.34 bits per heavy atom. The molecule has 4 aromatic rings. The molecule has 3 aromatic carbocycles. The summed E-state index contributed by atoms with van der Waals surface area (Å²) in [4.78, 5) is 9.44. The van der Waals surface area contributed by atoms with Crippen LogP contribution in [0.15, 0.2) is 79.0 Å². The molecule has 1 fully saturated rings. The van der Waals surface area contributed by atoms with E-state index in [1.165, 1.54) is 22.4 Å². The Labute approximate surface area is 208 Å². The first-order chi connectivity index (χ1) is 17.2. The zero-order valence-electron chi connectivity index (χ0n) is 20.7. The molecule has 2 heterocycles. The van der Waals surface area contributed by atoms with E-state index in [0.29, 0.717) is 0 Å². The molecule has 0 unspecified atom stereocenters. The summed E-state index contributed by atoms with van der Waals surface area (Å²) in [5, 5.41) is 4.80. The summed E-state index contributed by atoms with van der Waals surface area (Å²) in [5.74, 6) is 0.868. The fraction of sp³-hybridized carbons (Fsp3) is 0.300. The van der Waals surface area contributed by atoms with Gasteiger partial charge in [0.15, 0.2) is 0 Å². The number of nitrogens with zero attached hydrogens (tertiary/aromatic N) is 3. The van der Waals surface area contributed by atoms with Crippen LogP contribution in [0, 0.1) is 0 Å². The van der Waals surface area contributed by atoms with E-state index in [2.05, 4.69) is 87.8 Å². The standard InChI is InChI=1S/C30H34N4O/c1-33-18-20-34(21-19-33)26-10-5-23(6-11-26)4-3-16-31-30-15-17-32-29-14-9-25(22-28(29)30)24-7-12-27(35-2)13-8-24/h5-15,17,22H,3-4,16,18-21H2,1-2H3,(H,31,32). The number of pyridine rings is 1. The van der Waals surface area contributed by atoms with Crippen molar-refractivity contribution in [3.05, 3.63) is 84.6 Å². The van der Waals surface area contributed by atoms with Gasteiger partial charge in [-0.3, -0.25) is 4.98 Å². The average molecular weight is 467 g/mol. The van der Waals surface area contributed by atoms with Crippen LogP contribution in [0.4, 0.5) is 11.4 Å². The highest BCUT2D eigenvalue weighted by Gasteiger charge is 2.14. The molecule has 1 aliphatic heterocycles. The van der Waals surface area contributed by atoms with Crippen LogP contribution >= 0.6 is 0 Å². The number of likely N-dealkylation sites (N-methyl/N-ethyl adjacent to an activating group) is 1. The van der Waals surface area contributed by atoms with Crippen LogP contribution in [-0.4, -0.2) is 56.8 Å². The number of ether oxygens (including phenoxy) is 1. The molecule has 0 saturated carbocycles. The second-order valence-electron chi connectivity index (χ2n) is 9.31. The quantitative estimate of drug-likeness (QED) is 0.337. The van der Waals surface area contributed by atoms with Gasteiger partial charge in [-0.25, -0.2) is 0 Å². The number of hydrogen-bond donors (Lipinski definition) is 1. The SMILES string of the molecule is COc1ccc(-c2ccc3nccc(NCCCc4ccc(N5CCN(C)CC5)cc4)c3c2)cc1. The largest absolute Gasteiger partial charge is 0.497 e. The van der Waals surface area contributed by atoms with E-state index in [1.807, 2.05) is 18.3 Å². The monoisotopic (exact) mass is 466 g/mol. The number of hydrogen-bond acceptors (Lipinski definition) is 5. The second-order valence-corrected chi connectivity index (χ2v) is 9.31. The van der Waals surface area contributed by atoms with Gasteiger partial charge in [-0.2, -0.15) is 0 Å². The average Bonchev–Trinajstić information content (AvgIpc) is 2.92. The third-order valence-corrected chi connectivity index (χ3v) is 6.93.